The molecule has 2 spiro atoms. The van der Waals surface area contributed by atoms with Gasteiger partial charge in [-0.1, -0.05) is 30.3 Å². The van der Waals surface area contributed by atoms with Crippen molar-refractivity contribution in [2.75, 3.05) is 13.1 Å². The molecule has 1 fully saturated rings. The van der Waals surface area contributed by atoms with Crippen LogP contribution in [0.25, 0.3) is 0 Å². The van der Waals surface area contributed by atoms with E-state index in [9.17, 15) is 9.59 Å². The maximum absolute atomic E-state index is 12.8. The van der Waals surface area contributed by atoms with Gasteiger partial charge in [0.15, 0.2) is 5.69 Å². The quantitative estimate of drug-likeness (QED) is 0.628. The fourth-order valence-electron chi connectivity index (χ4n) is 5.16. The highest BCUT2D eigenvalue weighted by atomic mass is 16.6. The summed E-state index contributed by atoms with van der Waals surface area (Å²) in [6.45, 7) is 3.05. The van der Waals surface area contributed by atoms with Crippen LogP contribution in [-0.2, 0) is 32.7 Å². The Labute approximate surface area is 173 Å². The first-order valence-electron chi connectivity index (χ1n) is 10.3. The van der Waals surface area contributed by atoms with Gasteiger partial charge in [-0.25, -0.2) is 9.78 Å². The van der Waals surface area contributed by atoms with Gasteiger partial charge in [0.2, 0.25) is 5.60 Å². The second-order valence-electron chi connectivity index (χ2n) is 8.64. The first-order chi connectivity index (χ1) is 14.5. The van der Waals surface area contributed by atoms with Crippen LogP contribution in [0.2, 0.25) is 0 Å². The van der Waals surface area contributed by atoms with Crippen LogP contribution in [0.5, 0.6) is 0 Å². The number of likely N-dealkylation sites (tertiary alicyclic amines) is 1. The summed E-state index contributed by atoms with van der Waals surface area (Å²) < 4.78 is 12.0. The first kappa shape index (κ1) is 17.6. The third-order valence-corrected chi connectivity index (χ3v) is 6.79. The van der Waals surface area contributed by atoms with Gasteiger partial charge < -0.3 is 14.4 Å². The molecule has 1 aromatic heterocycles. The van der Waals surface area contributed by atoms with Crippen molar-refractivity contribution in [1.29, 1.82) is 0 Å². The fraction of sp³-hybridized carbons (Fsp3) is 0.391. The van der Waals surface area contributed by atoms with E-state index in [0.29, 0.717) is 50.5 Å². The molecule has 0 radical (unpaired) electrons. The van der Waals surface area contributed by atoms with Crippen molar-refractivity contribution < 1.29 is 19.1 Å². The highest BCUT2D eigenvalue weighted by Gasteiger charge is 2.53. The van der Waals surface area contributed by atoms with Gasteiger partial charge in [0.25, 0.3) is 11.9 Å². The van der Waals surface area contributed by atoms with Gasteiger partial charge in [0.1, 0.15) is 5.60 Å². The van der Waals surface area contributed by atoms with Gasteiger partial charge in [-0.05, 0) is 24.1 Å². The number of amidine groups is 1. The normalized spacial score (nSPS) is 22.7. The number of hydrogen-bond acceptors (Lipinski definition) is 6. The van der Waals surface area contributed by atoms with Crippen LogP contribution in [0, 0.1) is 6.92 Å². The molecular formula is C23H21N3O4. The summed E-state index contributed by atoms with van der Waals surface area (Å²) in [4.78, 5) is 35.8. The number of amides is 1. The molecule has 1 saturated heterocycles. The number of aromatic nitrogens is 1. The van der Waals surface area contributed by atoms with Gasteiger partial charge in [0.05, 0.1) is 0 Å². The summed E-state index contributed by atoms with van der Waals surface area (Å²) in [6.07, 6.45) is 2.34. The van der Waals surface area contributed by atoms with Crippen LogP contribution in [0.3, 0.4) is 0 Å². The van der Waals surface area contributed by atoms with Crippen molar-refractivity contribution >= 4 is 17.9 Å². The molecule has 0 bridgehead atoms. The van der Waals surface area contributed by atoms with E-state index >= 15 is 0 Å². The summed E-state index contributed by atoms with van der Waals surface area (Å²) in [5, 5.41) is 0. The number of aryl methyl sites for hydroxylation is 1. The zero-order chi connectivity index (χ0) is 20.5. The average molecular weight is 403 g/mol. The molecule has 4 aliphatic rings. The second kappa shape index (κ2) is 5.90. The largest absolute Gasteiger partial charge is 0.449 e. The summed E-state index contributed by atoms with van der Waals surface area (Å²) in [6, 6.07) is 12.3. The molecule has 0 N–H and O–H groups in total. The topological polar surface area (TPSA) is 81.1 Å². The Kier molecular flexibility index (Phi) is 3.47. The van der Waals surface area contributed by atoms with E-state index in [0.717, 1.165) is 22.4 Å². The van der Waals surface area contributed by atoms with Crippen molar-refractivity contribution in [3.8, 4) is 0 Å². The van der Waals surface area contributed by atoms with Crippen molar-refractivity contribution in [3.05, 3.63) is 64.5 Å². The van der Waals surface area contributed by atoms with Crippen molar-refractivity contribution in [2.24, 2.45) is 4.99 Å². The maximum atomic E-state index is 12.8. The van der Waals surface area contributed by atoms with E-state index < -0.39 is 11.2 Å². The summed E-state index contributed by atoms with van der Waals surface area (Å²) in [5.41, 5.74) is 2.85. The lowest BCUT2D eigenvalue weighted by atomic mass is 9.85. The fourth-order valence-corrected chi connectivity index (χ4v) is 5.16. The summed E-state index contributed by atoms with van der Waals surface area (Å²) in [5.74, 6) is -0.555. The zero-order valence-corrected chi connectivity index (χ0v) is 16.7. The van der Waals surface area contributed by atoms with Crippen molar-refractivity contribution in [3.63, 3.8) is 0 Å². The monoisotopic (exact) mass is 403 g/mol. The molecule has 1 aromatic carbocycles. The molecule has 0 saturated carbocycles. The highest BCUT2D eigenvalue weighted by Crippen LogP contribution is 2.44. The van der Waals surface area contributed by atoms with E-state index in [1.807, 2.05) is 48.2 Å². The Morgan fingerprint density at radius 2 is 1.63 bits per heavy atom. The molecule has 0 atom stereocenters. The number of benzene rings is 1. The molecule has 3 aliphatic heterocycles. The Hall–Kier alpha value is -3.22. The van der Waals surface area contributed by atoms with Crippen molar-refractivity contribution in [2.45, 2.75) is 43.8 Å². The molecule has 6 rings (SSSR count). The number of carbonyl (C=O) groups excluding carboxylic acids is 2. The third kappa shape index (κ3) is 2.38. The molecule has 30 heavy (non-hydrogen) atoms. The van der Waals surface area contributed by atoms with E-state index in [4.69, 9.17) is 9.47 Å². The van der Waals surface area contributed by atoms with Crippen LogP contribution >= 0.6 is 0 Å². The third-order valence-electron chi connectivity index (χ3n) is 6.79. The molecule has 0 unspecified atom stereocenters. The predicted octanol–water partition coefficient (Wildman–Crippen LogP) is 2.30. The smallest absolute Gasteiger partial charge is 0.358 e. The van der Waals surface area contributed by atoms with E-state index in [1.165, 1.54) is 0 Å². The van der Waals surface area contributed by atoms with Crippen LogP contribution in [0.15, 0.2) is 41.4 Å². The second-order valence-corrected chi connectivity index (χ2v) is 8.64. The summed E-state index contributed by atoms with van der Waals surface area (Å²) in [7, 11) is 0. The predicted molar refractivity (Wildman–Crippen MR) is 107 cm³/mol. The Morgan fingerprint density at radius 3 is 2.33 bits per heavy atom. The molecule has 1 aliphatic carbocycles. The average Bonchev–Trinajstić information content (AvgIpc) is 3.35. The van der Waals surface area contributed by atoms with Gasteiger partial charge in [-0.2, -0.15) is 4.99 Å². The number of esters is 1. The maximum Gasteiger partial charge on any atom is 0.358 e. The van der Waals surface area contributed by atoms with Crippen LogP contribution in [0.4, 0.5) is 0 Å². The number of fused-ring (bicyclic) bond motifs is 3. The van der Waals surface area contributed by atoms with Gasteiger partial charge in [-0.15, -0.1) is 0 Å². The minimum Gasteiger partial charge on any atom is -0.449 e. The Bertz CT molecular complexity index is 1110. The van der Waals surface area contributed by atoms with Crippen LogP contribution in [0.1, 0.15) is 45.7 Å². The van der Waals surface area contributed by atoms with Gasteiger partial charge in [0, 0.05) is 50.0 Å². The molecule has 4 heterocycles. The number of nitrogens with zero attached hydrogens (tertiary/aromatic N) is 3. The van der Waals surface area contributed by atoms with Gasteiger partial charge in [-0.3, -0.25) is 4.79 Å². The molecular weight excluding hydrogens is 382 g/mol. The van der Waals surface area contributed by atoms with Crippen LogP contribution in [-0.4, -0.2) is 46.5 Å². The SMILES string of the molecule is Cc1ccc2c(n1)C(=O)OC21CCN(C2=NC(=O)C3(Cc4ccccc4C3)O2)CC1. The zero-order valence-electron chi connectivity index (χ0n) is 16.7. The number of carbonyl (C=O) groups is 2. The minimum atomic E-state index is -0.901. The number of hydrogen-bond donors (Lipinski definition) is 0. The standard InChI is InChI=1S/C23H21N3O4/c1-14-6-7-17-18(24-14)19(27)29-22(17)8-10-26(11-9-22)21-25-20(28)23(30-21)12-15-4-2-3-5-16(15)13-23/h2-7H,8-13H2,1H3. The lowest BCUT2D eigenvalue weighted by Crippen LogP contribution is -2.47. The lowest BCUT2D eigenvalue weighted by molar-refractivity contribution is -0.130. The molecule has 152 valence electrons. The van der Waals surface area contributed by atoms with Crippen molar-refractivity contribution in [1.82, 2.24) is 9.88 Å². The Balaban J connectivity index is 1.20. The lowest BCUT2D eigenvalue weighted by Gasteiger charge is -2.39. The Morgan fingerprint density at radius 1 is 0.933 bits per heavy atom. The number of piperidine rings is 1. The van der Waals surface area contributed by atoms with Crippen LogP contribution < -0.4 is 0 Å². The molecule has 7 nitrogen and oxygen atoms in total. The first-order valence-corrected chi connectivity index (χ1v) is 10.3. The van der Waals surface area contributed by atoms with Gasteiger partial charge >= 0.3 is 5.97 Å². The summed E-state index contributed by atoms with van der Waals surface area (Å²) >= 11 is 0. The number of ether oxygens (including phenoxy) is 2. The number of aliphatic imine (C=N–C) groups is 1. The molecule has 7 heteroatoms. The molecule has 1 amide bonds. The number of pyridine rings is 1. The molecule has 2 aromatic rings. The highest BCUT2D eigenvalue weighted by molar-refractivity contribution is 6.02. The van der Waals surface area contributed by atoms with E-state index in [-0.39, 0.29) is 11.9 Å². The van der Waals surface area contributed by atoms with E-state index in [2.05, 4.69) is 9.98 Å². The minimum absolute atomic E-state index is 0.202. The van der Waals surface area contributed by atoms with E-state index in [1.54, 1.807) is 0 Å². The number of rotatable bonds is 0.